The maximum atomic E-state index is 14.4. The molecule has 5 heterocycles. The van der Waals surface area contributed by atoms with Gasteiger partial charge in [0.05, 0.1) is 35.2 Å². The zero-order chi connectivity index (χ0) is 31.5. The van der Waals surface area contributed by atoms with Crippen LogP contribution in [0.5, 0.6) is 5.75 Å². The van der Waals surface area contributed by atoms with E-state index in [4.69, 9.17) is 0 Å². The van der Waals surface area contributed by atoms with Crippen LogP contribution in [-0.2, 0) is 17.9 Å². The van der Waals surface area contributed by atoms with Crippen molar-refractivity contribution >= 4 is 67.0 Å². The second-order valence-electron chi connectivity index (χ2n) is 12.4. The molecule has 3 amide bonds. The third kappa shape index (κ3) is 3.46. The number of hydrogen-bond donors (Lipinski definition) is 4. The number of rotatable bonds is 2. The SMILES string of the molecule is O=C1NC(=O)c2c1c1c3ccccc3n3c1c1c2c2ccccc2n1CC(O)(C(=O)N1CCN(c2ccc(O)cc2)CC1)C(O)C3. The number of anilines is 1. The number of benzene rings is 4. The summed E-state index contributed by atoms with van der Waals surface area (Å²) in [4.78, 5) is 44.9. The van der Waals surface area contributed by atoms with Crippen LogP contribution in [0.1, 0.15) is 20.7 Å². The summed E-state index contributed by atoms with van der Waals surface area (Å²) < 4.78 is 3.72. The standard InChI is InChI=1S/C35H29N5O6/c41-20-11-9-19(10-12-20)37-13-15-38(16-14-37)34(45)35(46)18-40-24-8-4-2-6-22(24)27-29-28(32(43)36-33(29)44)26-21-5-1-3-7-23(21)39(17-25(35)42)30(26)31(27)40/h1-12,25,41-42,46H,13-18H2,(H,36,43,44). The molecule has 2 atom stereocenters. The Morgan fingerprint density at radius 1 is 0.761 bits per heavy atom. The molecule has 3 aliphatic rings. The summed E-state index contributed by atoms with van der Waals surface area (Å²) in [6.45, 7) is 1.34. The fourth-order valence-electron chi connectivity index (χ4n) is 7.88. The highest BCUT2D eigenvalue weighted by Crippen LogP contribution is 2.46. The van der Waals surface area contributed by atoms with Crippen molar-refractivity contribution in [1.82, 2.24) is 19.4 Å². The first kappa shape index (κ1) is 27.0. The van der Waals surface area contributed by atoms with Crippen molar-refractivity contribution < 1.29 is 29.7 Å². The minimum atomic E-state index is -2.21. The number of imide groups is 1. The predicted octanol–water partition coefficient (Wildman–Crippen LogP) is 2.95. The molecule has 11 nitrogen and oxygen atoms in total. The summed E-state index contributed by atoms with van der Waals surface area (Å²) in [5.41, 5.74) is 2.00. The number of aromatic nitrogens is 2. The smallest absolute Gasteiger partial charge is 0.259 e. The zero-order valence-electron chi connectivity index (χ0n) is 24.6. The van der Waals surface area contributed by atoms with Gasteiger partial charge in [-0.25, -0.2) is 0 Å². The van der Waals surface area contributed by atoms with E-state index in [-0.39, 0.29) is 24.4 Å². The van der Waals surface area contributed by atoms with Crippen molar-refractivity contribution in [1.29, 1.82) is 0 Å². The summed E-state index contributed by atoms with van der Waals surface area (Å²) in [5.74, 6) is -1.35. The third-order valence-electron chi connectivity index (χ3n) is 10.1. The molecular weight excluding hydrogens is 586 g/mol. The van der Waals surface area contributed by atoms with Crippen LogP contribution in [0.4, 0.5) is 5.69 Å². The highest BCUT2D eigenvalue weighted by atomic mass is 16.4. The van der Waals surface area contributed by atoms with Crippen LogP contribution in [0.2, 0.25) is 0 Å². The topological polar surface area (TPSA) is 140 Å². The average molecular weight is 616 g/mol. The number of nitrogens with zero attached hydrogens (tertiary/aromatic N) is 4. The lowest BCUT2D eigenvalue weighted by Gasteiger charge is -2.42. The Kier molecular flexibility index (Phi) is 5.46. The van der Waals surface area contributed by atoms with Crippen LogP contribution in [0, 0.1) is 0 Å². The van der Waals surface area contributed by atoms with Gasteiger partial charge < -0.3 is 34.3 Å². The largest absolute Gasteiger partial charge is 0.508 e. The second kappa shape index (κ2) is 9.32. The second-order valence-corrected chi connectivity index (χ2v) is 12.4. The lowest BCUT2D eigenvalue weighted by molar-refractivity contribution is -0.168. The van der Waals surface area contributed by atoms with Crippen molar-refractivity contribution in [3.63, 3.8) is 0 Å². The number of carbonyl (C=O) groups excluding carboxylic acids is 3. The number of phenolic OH excluding ortho intramolecular Hbond substituents is 1. The summed E-state index contributed by atoms with van der Waals surface area (Å²) >= 11 is 0. The van der Waals surface area contributed by atoms with E-state index in [2.05, 4.69) is 10.2 Å². The van der Waals surface area contributed by atoms with Crippen molar-refractivity contribution in [3.05, 3.63) is 83.9 Å². The normalized spacial score (nSPS) is 21.4. The monoisotopic (exact) mass is 615 g/mol. The molecule has 4 aromatic carbocycles. The molecule has 2 unspecified atom stereocenters. The van der Waals surface area contributed by atoms with Gasteiger partial charge in [0.1, 0.15) is 11.9 Å². The number of aromatic hydroxyl groups is 1. The summed E-state index contributed by atoms with van der Waals surface area (Å²) in [6, 6.07) is 21.8. The number of amides is 3. The molecule has 230 valence electrons. The van der Waals surface area contributed by atoms with E-state index in [1.807, 2.05) is 69.8 Å². The Morgan fingerprint density at radius 2 is 1.30 bits per heavy atom. The van der Waals surface area contributed by atoms with Gasteiger partial charge in [0.15, 0.2) is 5.60 Å². The quantitative estimate of drug-likeness (QED) is 0.220. The number of phenols is 1. The van der Waals surface area contributed by atoms with Gasteiger partial charge in [0, 0.05) is 64.4 Å². The Balaban J connectivity index is 1.24. The first-order valence-electron chi connectivity index (χ1n) is 15.3. The fraction of sp³-hybridized carbons (Fsp3) is 0.229. The number of piperazine rings is 1. The molecule has 11 heteroatoms. The number of aliphatic hydroxyl groups is 2. The highest BCUT2D eigenvalue weighted by Gasteiger charge is 2.49. The van der Waals surface area contributed by atoms with Crippen molar-refractivity contribution in [3.8, 4) is 5.75 Å². The summed E-state index contributed by atoms with van der Waals surface area (Å²) in [7, 11) is 0. The number of aliphatic hydroxyl groups excluding tert-OH is 1. The lowest BCUT2D eigenvalue weighted by atomic mass is 9.92. The van der Waals surface area contributed by atoms with Crippen LogP contribution in [0.25, 0.3) is 43.6 Å². The van der Waals surface area contributed by atoms with Gasteiger partial charge in [-0.3, -0.25) is 19.7 Å². The Morgan fingerprint density at radius 3 is 1.91 bits per heavy atom. The van der Waals surface area contributed by atoms with Gasteiger partial charge in [0.2, 0.25) is 0 Å². The Bertz CT molecular complexity index is 2310. The van der Waals surface area contributed by atoms with Crippen molar-refractivity contribution in [2.24, 2.45) is 0 Å². The first-order valence-corrected chi connectivity index (χ1v) is 15.3. The number of nitrogens with one attached hydrogen (secondary N) is 1. The van der Waals surface area contributed by atoms with Gasteiger partial charge in [0.25, 0.3) is 17.7 Å². The molecule has 0 aliphatic carbocycles. The maximum absolute atomic E-state index is 14.4. The molecule has 9 rings (SSSR count). The number of carbonyl (C=O) groups is 3. The van der Waals surface area contributed by atoms with E-state index in [1.165, 1.54) is 0 Å². The molecule has 0 saturated carbocycles. The molecular formula is C35H29N5O6. The first-order chi connectivity index (χ1) is 22.3. The van der Waals surface area contributed by atoms with Crippen LogP contribution < -0.4 is 10.2 Å². The predicted molar refractivity (Wildman–Crippen MR) is 172 cm³/mol. The molecule has 0 bridgehead atoms. The van der Waals surface area contributed by atoms with Crippen LogP contribution in [0.3, 0.4) is 0 Å². The van der Waals surface area contributed by atoms with E-state index < -0.39 is 29.4 Å². The summed E-state index contributed by atoms with van der Waals surface area (Å²) in [6.07, 6.45) is -1.50. The fourth-order valence-corrected chi connectivity index (χ4v) is 7.88. The van der Waals surface area contributed by atoms with E-state index in [1.54, 1.807) is 17.0 Å². The van der Waals surface area contributed by atoms with E-state index in [9.17, 15) is 29.7 Å². The Labute approximate surface area is 261 Å². The minimum absolute atomic E-state index is 0.106. The van der Waals surface area contributed by atoms with Crippen LogP contribution >= 0.6 is 0 Å². The third-order valence-corrected chi connectivity index (χ3v) is 10.1. The highest BCUT2D eigenvalue weighted by molar-refractivity contribution is 6.39. The van der Waals surface area contributed by atoms with Gasteiger partial charge in [-0.05, 0) is 36.4 Å². The lowest BCUT2D eigenvalue weighted by Crippen LogP contribution is -2.62. The van der Waals surface area contributed by atoms with Crippen LogP contribution in [-0.4, -0.2) is 85.0 Å². The van der Waals surface area contributed by atoms with Gasteiger partial charge in [-0.2, -0.15) is 0 Å². The maximum Gasteiger partial charge on any atom is 0.259 e. The molecule has 46 heavy (non-hydrogen) atoms. The molecule has 1 fully saturated rings. The molecule has 1 saturated heterocycles. The zero-order valence-corrected chi connectivity index (χ0v) is 24.6. The molecule has 6 aromatic rings. The number of hydrogen-bond acceptors (Lipinski definition) is 7. The van der Waals surface area contributed by atoms with E-state index in [0.717, 1.165) is 16.6 Å². The Hall–Kier alpha value is -5.39. The minimum Gasteiger partial charge on any atom is -0.508 e. The van der Waals surface area contributed by atoms with Crippen LogP contribution in [0.15, 0.2) is 72.8 Å². The molecule has 2 aromatic heterocycles. The molecule has 0 radical (unpaired) electrons. The van der Waals surface area contributed by atoms with Gasteiger partial charge >= 0.3 is 0 Å². The van der Waals surface area contributed by atoms with Crippen molar-refractivity contribution in [2.45, 2.75) is 24.8 Å². The number of fused-ring (bicyclic) bond motifs is 9. The summed E-state index contributed by atoms with van der Waals surface area (Å²) in [5, 5.41) is 39.2. The van der Waals surface area contributed by atoms with Gasteiger partial charge in [-0.1, -0.05) is 36.4 Å². The van der Waals surface area contributed by atoms with E-state index in [0.29, 0.717) is 64.5 Å². The van der Waals surface area contributed by atoms with Crippen molar-refractivity contribution in [2.75, 3.05) is 31.1 Å². The average Bonchev–Trinajstić information content (AvgIpc) is 3.67. The molecule has 4 N–H and O–H groups in total. The number of para-hydroxylation sites is 2. The molecule has 0 spiro atoms. The van der Waals surface area contributed by atoms with Gasteiger partial charge in [-0.15, -0.1) is 0 Å². The van der Waals surface area contributed by atoms with E-state index >= 15 is 0 Å². The molecule has 3 aliphatic heterocycles.